The van der Waals surface area contributed by atoms with Crippen molar-refractivity contribution in [3.8, 4) is 0 Å². The molecule has 2 saturated heterocycles. The SMILES string of the molecule is COCC1OC2(CCN(CCc3ccccn3)CC2)CN(c2ccccc2F)C1=O. The van der Waals surface area contributed by atoms with Crippen molar-refractivity contribution in [3.05, 3.63) is 60.2 Å². The quantitative estimate of drug-likeness (QED) is 0.729. The Morgan fingerprint density at radius 3 is 2.67 bits per heavy atom. The number of aromatic nitrogens is 1. The largest absolute Gasteiger partial charge is 0.381 e. The van der Waals surface area contributed by atoms with E-state index in [0.29, 0.717) is 12.2 Å². The number of carbonyl (C=O) groups is 1. The molecule has 0 radical (unpaired) electrons. The number of methoxy groups -OCH3 is 1. The van der Waals surface area contributed by atoms with E-state index in [1.165, 1.54) is 6.07 Å². The Balaban J connectivity index is 1.45. The average molecular weight is 413 g/mol. The molecule has 0 N–H and O–H groups in total. The Morgan fingerprint density at radius 2 is 1.97 bits per heavy atom. The maximum absolute atomic E-state index is 14.5. The monoisotopic (exact) mass is 413 g/mol. The molecule has 6 nitrogen and oxygen atoms in total. The number of likely N-dealkylation sites (tertiary alicyclic amines) is 1. The summed E-state index contributed by atoms with van der Waals surface area (Å²) in [5.74, 6) is -0.642. The topological polar surface area (TPSA) is 54.9 Å². The lowest BCUT2D eigenvalue weighted by molar-refractivity contribution is -0.172. The zero-order valence-corrected chi connectivity index (χ0v) is 17.3. The minimum atomic E-state index is -0.719. The van der Waals surface area contributed by atoms with Gasteiger partial charge in [-0.2, -0.15) is 0 Å². The summed E-state index contributed by atoms with van der Waals surface area (Å²) in [5.41, 5.74) is 0.910. The molecule has 7 heteroatoms. The molecule has 2 aliphatic rings. The molecule has 0 saturated carbocycles. The molecule has 160 valence electrons. The second-order valence-corrected chi connectivity index (χ2v) is 8.03. The van der Waals surface area contributed by atoms with Crippen LogP contribution in [0.3, 0.4) is 0 Å². The van der Waals surface area contributed by atoms with Crippen LogP contribution in [0, 0.1) is 5.82 Å². The van der Waals surface area contributed by atoms with E-state index >= 15 is 0 Å². The van der Waals surface area contributed by atoms with Gasteiger partial charge in [-0.05, 0) is 37.1 Å². The van der Waals surface area contributed by atoms with Gasteiger partial charge in [0.05, 0.1) is 24.4 Å². The van der Waals surface area contributed by atoms with Crippen LogP contribution in [0.5, 0.6) is 0 Å². The third-order valence-corrected chi connectivity index (χ3v) is 6.02. The van der Waals surface area contributed by atoms with Gasteiger partial charge in [0.1, 0.15) is 5.82 Å². The van der Waals surface area contributed by atoms with Gasteiger partial charge < -0.3 is 19.3 Å². The first-order valence-corrected chi connectivity index (χ1v) is 10.5. The van der Waals surface area contributed by atoms with E-state index in [0.717, 1.165) is 44.6 Å². The minimum absolute atomic E-state index is 0.162. The van der Waals surface area contributed by atoms with Crippen LogP contribution in [0.25, 0.3) is 0 Å². The van der Waals surface area contributed by atoms with Gasteiger partial charge in [-0.3, -0.25) is 9.78 Å². The highest BCUT2D eigenvalue weighted by molar-refractivity contribution is 5.97. The third kappa shape index (κ3) is 4.53. The highest BCUT2D eigenvalue weighted by atomic mass is 19.1. The van der Waals surface area contributed by atoms with Crippen molar-refractivity contribution in [1.82, 2.24) is 9.88 Å². The molecule has 2 fully saturated rings. The van der Waals surface area contributed by atoms with E-state index in [1.54, 1.807) is 30.2 Å². The second kappa shape index (κ2) is 9.20. The van der Waals surface area contributed by atoms with Gasteiger partial charge in [0.2, 0.25) is 0 Å². The Bertz CT molecular complexity index is 856. The van der Waals surface area contributed by atoms with Crippen LogP contribution in [-0.2, 0) is 20.7 Å². The number of rotatable bonds is 6. The number of para-hydroxylation sites is 1. The summed E-state index contributed by atoms with van der Waals surface area (Å²) < 4.78 is 26.0. The number of carbonyl (C=O) groups excluding carboxylic acids is 1. The van der Waals surface area contributed by atoms with Gasteiger partial charge in [-0.25, -0.2) is 4.39 Å². The molecule has 3 heterocycles. The molecule has 0 aliphatic carbocycles. The van der Waals surface area contributed by atoms with Gasteiger partial charge in [0, 0.05) is 45.1 Å². The lowest BCUT2D eigenvalue weighted by atomic mass is 9.88. The number of amides is 1. The van der Waals surface area contributed by atoms with E-state index in [1.807, 2.05) is 24.4 Å². The average Bonchev–Trinajstić information content (AvgIpc) is 2.77. The number of hydrogen-bond acceptors (Lipinski definition) is 5. The number of piperidine rings is 1. The van der Waals surface area contributed by atoms with E-state index in [9.17, 15) is 9.18 Å². The van der Waals surface area contributed by atoms with Gasteiger partial charge >= 0.3 is 0 Å². The normalized spacial score (nSPS) is 21.9. The molecule has 1 amide bonds. The summed E-state index contributed by atoms with van der Waals surface area (Å²) >= 11 is 0. The fourth-order valence-electron chi connectivity index (χ4n) is 4.34. The van der Waals surface area contributed by atoms with Crippen molar-refractivity contribution >= 4 is 11.6 Å². The first kappa shape index (κ1) is 20.9. The Morgan fingerprint density at radius 1 is 1.20 bits per heavy atom. The molecule has 1 atom stereocenters. The van der Waals surface area contributed by atoms with Gasteiger partial charge in [0.25, 0.3) is 5.91 Å². The zero-order valence-electron chi connectivity index (χ0n) is 17.3. The van der Waals surface area contributed by atoms with Crippen LogP contribution in [-0.4, -0.2) is 67.4 Å². The molecule has 2 aliphatic heterocycles. The summed E-state index contributed by atoms with van der Waals surface area (Å²) in [5, 5.41) is 0. The van der Waals surface area contributed by atoms with Crippen LogP contribution < -0.4 is 4.90 Å². The number of hydrogen-bond donors (Lipinski definition) is 0. The molecule has 1 unspecified atom stereocenters. The number of nitrogens with zero attached hydrogens (tertiary/aromatic N) is 3. The summed E-state index contributed by atoms with van der Waals surface area (Å²) in [6, 6.07) is 12.4. The van der Waals surface area contributed by atoms with Crippen LogP contribution in [0.1, 0.15) is 18.5 Å². The number of pyridine rings is 1. The first-order chi connectivity index (χ1) is 14.6. The van der Waals surface area contributed by atoms with E-state index < -0.39 is 17.5 Å². The van der Waals surface area contributed by atoms with Gasteiger partial charge in [0.15, 0.2) is 6.10 Å². The molecule has 1 aromatic carbocycles. The highest BCUT2D eigenvalue weighted by Crippen LogP contribution is 2.36. The molecule has 0 bridgehead atoms. The van der Waals surface area contributed by atoms with E-state index in [2.05, 4.69) is 9.88 Å². The van der Waals surface area contributed by atoms with Crippen molar-refractivity contribution in [3.63, 3.8) is 0 Å². The van der Waals surface area contributed by atoms with Crippen molar-refractivity contribution in [2.24, 2.45) is 0 Å². The standard InChI is InChI=1S/C23H28FN3O3/c1-29-16-21-22(28)27(20-8-3-2-7-19(20)24)17-23(30-21)10-14-26(15-11-23)13-9-18-6-4-5-12-25-18/h2-8,12,21H,9-11,13-17H2,1H3. The Kier molecular flexibility index (Phi) is 6.41. The molecular formula is C23H28FN3O3. The van der Waals surface area contributed by atoms with Crippen molar-refractivity contribution in [2.45, 2.75) is 31.0 Å². The van der Waals surface area contributed by atoms with Crippen molar-refractivity contribution < 1.29 is 18.7 Å². The van der Waals surface area contributed by atoms with Crippen molar-refractivity contribution in [1.29, 1.82) is 0 Å². The Hall–Kier alpha value is -2.35. The summed E-state index contributed by atoms with van der Waals surface area (Å²) in [4.78, 5) is 21.3. The number of anilines is 1. The molecular weight excluding hydrogens is 385 g/mol. The Labute approximate surface area is 176 Å². The smallest absolute Gasteiger partial charge is 0.258 e. The molecule has 1 spiro atoms. The van der Waals surface area contributed by atoms with Crippen LogP contribution >= 0.6 is 0 Å². The third-order valence-electron chi connectivity index (χ3n) is 6.02. The van der Waals surface area contributed by atoms with Gasteiger partial charge in [-0.15, -0.1) is 0 Å². The maximum atomic E-state index is 14.5. The predicted molar refractivity (Wildman–Crippen MR) is 112 cm³/mol. The first-order valence-electron chi connectivity index (χ1n) is 10.5. The maximum Gasteiger partial charge on any atom is 0.258 e. The molecule has 4 rings (SSSR count). The van der Waals surface area contributed by atoms with Gasteiger partial charge in [-0.1, -0.05) is 18.2 Å². The van der Waals surface area contributed by atoms with E-state index in [4.69, 9.17) is 9.47 Å². The molecule has 1 aromatic heterocycles. The van der Waals surface area contributed by atoms with Crippen molar-refractivity contribution in [2.75, 3.05) is 44.8 Å². The van der Waals surface area contributed by atoms with Crippen LogP contribution in [0.4, 0.5) is 10.1 Å². The lowest BCUT2D eigenvalue weighted by Crippen LogP contribution is -2.63. The van der Waals surface area contributed by atoms with Crippen LogP contribution in [0.2, 0.25) is 0 Å². The van der Waals surface area contributed by atoms with Crippen LogP contribution in [0.15, 0.2) is 48.7 Å². The van der Waals surface area contributed by atoms with E-state index in [-0.39, 0.29) is 12.5 Å². The number of halogens is 1. The summed E-state index contributed by atoms with van der Waals surface area (Å²) in [6.07, 6.45) is 3.58. The number of ether oxygens (including phenoxy) is 2. The summed E-state index contributed by atoms with van der Waals surface area (Å²) in [6.45, 7) is 3.19. The molecule has 30 heavy (non-hydrogen) atoms. The lowest BCUT2D eigenvalue weighted by Gasteiger charge is -2.49. The fraction of sp³-hybridized carbons (Fsp3) is 0.478. The number of morpholine rings is 1. The number of benzene rings is 1. The highest BCUT2D eigenvalue weighted by Gasteiger charge is 2.47. The minimum Gasteiger partial charge on any atom is -0.381 e. The zero-order chi connectivity index (χ0) is 21.0. The predicted octanol–water partition coefficient (Wildman–Crippen LogP) is 2.68. The fourth-order valence-corrected chi connectivity index (χ4v) is 4.34. The molecule has 2 aromatic rings. The second-order valence-electron chi connectivity index (χ2n) is 8.03. The summed E-state index contributed by atoms with van der Waals surface area (Å²) in [7, 11) is 1.55.